The van der Waals surface area contributed by atoms with Crippen LogP contribution in [0.4, 0.5) is 5.69 Å². The Morgan fingerprint density at radius 2 is 1.73 bits per heavy atom. The lowest BCUT2D eigenvalue weighted by Crippen LogP contribution is -2.30. The zero-order valence-corrected chi connectivity index (χ0v) is 19.8. The highest BCUT2D eigenvalue weighted by Crippen LogP contribution is 2.26. The topological polar surface area (TPSA) is 103 Å². The molecule has 1 N–H and O–H groups in total. The third-order valence-electron chi connectivity index (χ3n) is 5.83. The Labute approximate surface area is 192 Å². The molecule has 1 fully saturated rings. The van der Waals surface area contributed by atoms with Crippen LogP contribution in [0.25, 0.3) is 11.0 Å². The van der Waals surface area contributed by atoms with E-state index in [0.29, 0.717) is 35.6 Å². The van der Waals surface area contributed by atoms with Crippen molar-refractivity contribution in [2.24, 2.45) is 0 Å². The van der Waals surface area contributed by atoms with Crippen LogP contribution in [0.2, 0.25) is 0 Å². The van der Waals surface area contributed by atoms with E-state index < -0.39 is 15.9 Å². The summed E-state index contributed by atoms with van der Waals surface area (Å²) in [4.78, 5) is 26.1. The van der Waals surface area contributed by atoms with E-state index in [1.54, 1.807) is 42.0 Å². The molecule has 1 aliphatic heterocycles. The quantitative estimate of drug-likeness (QED) is 0.570. The highest BCUT2D eigenvalue weighted by molar-refractivity contribution is 7.89. The van der Waals surface area contributed by atoms with Crippen molar-refractivity contribution in [3.05, 3.63) is 52.9 Å². The smallest absolute Gasteiger partial charge is 0.329 e. The lowest BCUT2D eigenvalue weighted by molar-refractivity contribution is -0.116. The molecule has 1 aliphatic rings. The molecule has 10 heteroatoms. The van der Waals surface area contributed by atoms with Gasteiger partial charge in [-0.25, -0.2) is 13.2 Å². The molecule has 1 amide bonds. The predicted octanol–water partition coefficient (Wildman–Crippen LogP) is 2.82. The van der Waals surface area contributed by atoms with Crippen LogP contribution in [0.15, 0.2) is 52.2 Å². The van der Waals surface area contributed by atoms with E-state index in [4.69, 9.17) is 4.74 Å². The number of methoxy groups -OCH3 is 1. The summed E-state index contributed by atoms with van der Waals surface area (Å²) in [5, 5.41) is 2.77. The van der Waals surface area contributed by atoms with Crippen LogP contribution in [0.1, 0.15) is 32.7 Å². The number of benzene rings is 2. The van der Waals surface area contributed by atoms with Gasteiger partial charge in [0, 0.05) is 24.8 Å². The lowest BCUT2D eigenvalue weighted by atomic mass is 10.3. The van der Waals surface area contributed by atoms with Gasteiger partial charge in [0.25, 0.3) is 0 Å². The summed E-state index contributed by atoms with van der Waals surface area (Å²) in [5.41, 5.74) is 1.21. The van der Waals surface area contributed by atoms with Crippen LogP contribution in [-0.4, -0.2) is 48.0 Å². The lowest BCUT2D eigenvalue weighted by Gasteiger charge is -2.16. The number of sulfonamides is 1. The Kier molecular flexibility index (Phi) is 6.31. The monoisotopic (exact) mass is 472 g/mol. The van der Waals surface area contributed by atoms with Gasteiger partial charge in [-0.05, 0) is 69.2 Å². The molecule has 0 saturated carbocycles. The van der Waals surface area contributed by atoms with E-state index in [1.165, 1.54) is 21.0 Å². The number of carbonyl (C=O) groups is 1. The summed E-state index contributed by atoms with van der Waals surface area (Å²) in [6.45, 7) is 4.48. The zero-order chi connectivity index (χ0) is 23.8. The molecule has 2 aromatic carbocycles. The number of carbonyl (C=O) groups excluding carboxylic acids is 1. The van der Waals surface area contributed by atoms with Crippen molar-refractivity contribution in [1.82, 2.24) is 13.4 Å². The number of anilines is 1. The Morgan fingerprint density at radius 1 is 1.06 bits per heavy atom. The summed E-state index contributed by atoms with van der Waals surface area (Å²) in [6, 6.07) is 11.4. The van der Waals surface area contributed by atoms with Crippen LogP contribution in [-0.2, 0) is 21.4 Å². The molecular formula is C23H28N4O5S. The van der Waals surface area contributed by atoms with Gasteiger partial charge in [0.2, 0.25) is 15.9 Å². The van der Waals surface area contributed by atoms with Crippen LogP contribution < -0.4 is 15.7 Å². The summed E-state index contributed by atoms with van der Waals surface area (Å²) in [6.07, 6.45) is 1.67. The minimum atomic E-state index is -3.66. The van der Waals surface area contributed by atoms with Gasteiger partial charge in [-0.15, -0.1) is 0 Å². The third-order valence-corrected chi connectivity index (χ3v) is 7.72. The molecule has 0 spiro atoms. The summed E-state index contributed by atoms with van der Waals surface area (Å²) in [5.74, 6) is 0.272. The number of nitrogens with one attached hydrogen (secondary N) is 1. The zero-order valence-electron chi connectivity index (χ0n) is 18.9. The number of amides is 1. The summed E-state index contributed by atoms with van der Waals surface area (Å²) in [7, 11) is -2.10. The molecule has 9 nitrogen and oxygen atoms in total. The van der Waals surface area contributed by atoms with Crippen molar-refractivity contribution in [3.8, 4) is 5.75 Å². The molecule has 1 saturated heterocycles. The highest BCUT2D eigenvalue weighted by atomic mass is 32.2. The molecule has 1 aromatic heterocycles. The number of aromatic nitrogens is 2. The average Bonchev–Trinajstić information content (AvgIpc) is 3.42. The normalized spacial score (nSPS) is 14.8. The number of rotatable bonds is 7. The maximum Gasteiger partial charge on any atom is 0.329 e. The van der Waals surface area contributed by atoms with Crippen LogP contribution in [0, 0.1) is 0 Å². The van der Waals surface area contributed by atoms with Crippen molar-refractivity contribution in [2.45, 2.75) is 44.2 Å². The number of hydrogen-bond acceptors (Lipinski definition) is 5. The standard InChI is InChI=1S/C23H28N4O5S/c1-16(2)27-20-11-10-19(33(30,31)25-12-4-5-13-25)14-21(20)26(23(27)29)15-22(28)24-17-6-8-18(32-3)9-7-17/h6-11,14,16H,4-5,12-13,15H2,1-3H3,(H,24,28). The minimum Gasteiger partial charge on any atom is -0.497 e. The second-order valence-electron chi connectivity index (χ2n) is 8.37. The first-order valence-electron chi connectivity index (χ1n) is 10.9. The third kappa shape index (κ3) is 4.40. The molecule has 0 unspecified atom stereocenters. The molecule has 33 heavy (non-hydrogen) atoms. The van der Waals surface area contributed by atoms with Crippen LogP contribution in [0.5, 0.6) is 5.75 Å². The molecule has 0 radical (unpaired) electrons. The average molecular weight is 473 g/mol. The van der Waals surface area contributed by atoms with Gasteiger partial charge in [0.1, 0.15) is 12.3 Å². The van der Waals surface area contributed by atoms with Crippen molar-refractivity contribution in [2.75, 3.05) is 25.5 Å². The molecule has 3 aromatic rings. The van der Waals surface area contributed by atoms with Crippen molar-refractivity contribution < 1.29 is 17.9 Å². The Bertz CT molecular complexity index is 1330. The van der Waals surface area contributed by atoms with E-state index in [0.717, 1.165) is 12.8 Å². The van der Waals surface area contributed by atoms with E-state index in [-0.39, 0.29) is 23.2 Å². The second kappa shape index (κ2) is 9.03. The maximum atomic E-state index is 13.2. The van der Waals surface area contributed by atoms with Gasteiger partial charge in [0.15, 0.2) is 0 Å². The van der Waals surface area contributed by atoms with Gasteiger partial charge >= 0.3 is 5.69 Å². The number of ether oxygens (including phenoxy) is 1. The summed E-state index contributed by atoms with van der Waals surface area (Å²) >= 11 is 0. The van der Waals surface area contributed by atoms with Crippen LogP contribution in [0.3, 0.4) is 0 Å². The fraction of sp³-hybridized carbons (Fsp3) is 0.391. The van der Waals surface area contributed by atoms with Crippen molar-refractivity contribution in [3.63, 3.8) is 0 Å². The Hall–Kier alpha value is -3.11. The number of hydrogen-bond donors (Lipinski definition) is 1. The first kappa shape index (κ1) is 23.1. The molecule has 0 atom stereocenters. The van der Waals surface area contributed by atoms with E-state index in [1.807, 2.05) is 13.8 Å². The molecule has 2 heterocycles. The van der Waals surface area contributed by atoms with Crippen molar-refractivity contribution in [1.29, 1.82) is 0 Å². The molecule has 4 rings (SSSR count). The van der Waals surface area contributed by atoms with Crippen molar-refractivity contribution >= 4 is 32.7 Å². The van der Waals surface area contributed by atoms with Gasteiger partial charge in [-0.2, -0.15) is 4.31 Å². The molecular weight excluding hydrogens is 444 g/mol. The number of imidazole rings is 1. The van der Waals surface area contributed by atoms with E-state index >= 15 is 0 Å². The Balaban J connectivity index is 1.71. The van der Waals surface area contributed by atoms with E-state index in [2.05, 4.69) is 5.32 Å². The molecule has 176 valence electrons. The SMILES string of the molecule is COc1ccc(NC(=O)Cn2c(=O)n(C(C)C)c3ccc(S(=O)(=O)N4CCCC4)cc32)cc1. The van der Waals surface area contributed by atoms with Gasteiger partial charge in [0.05, 0.1) is 23.0 Å². The fourth-order valence-corrected chi connectivity index (χ4v) is 5.71. The van der Waals surface area contributed by atoms with Crippen LogP contribution >= 0.6 is 0 Å². The maximum absolute atomic E-state index is 13.2. The fourth-order valence-electron chi connectivity index (χ4n) is 4.17. The largest absolute Gasteiger partial charge is 0.497 e. The first-order valence-corrected chi connectivity index (χ1v) is 12.3. The number of fused-ring (bicyclic) bond motifs is 1. The number of nitrogens with zero attached hydrogens (tertiary/aromatic N) is 3. The highest BCUT2D eigenvalue weighted by Gasteiger charge is 2.28. The first-order chi connectivity index (χ1) is 15.7. The second-order valence-corrected chi connectivity index (χ2v) is 10.3. The predicted molar refractivity (Wildman–Crippen MR) is 126 cm³/mol. The van der Waals surface area contributed by atoms with E-state index in [9.17, 15) is 18.0 Å². The van der Waals surface area contributed by atoms with Gasteiger partial charge in [-0.3, -0.25) is 13.9 Å². The molecule has 0 aliphatic carbocycles. The summed E-state index contributed by atoms with van der Waals surface area (Å²) < 4.78 is 35.6. The van der Waals surface area contributed by atoms with Gasteiger partial charge in [-0.1, -0.05) is 0 Å². The Morgan fingerprint density at radius 3 is 2.33 bits per heavy atom. The van der Waals surface area contributed by atoms with Gasteiger partial charge < -0.3 is 10.1 Å². The molecule has 0 bridgehead atoms. The minimum absolute atomic E-state index is 0.127.